The van der Waals surface area contributed by atoms with Crippen LogP contribution in [0.25, 0.3) is 10.9 Å². The van der Waals surface area contributed by atoms with Gasteiger partial charge in [-0.05, 0) is 47.9 Å². The number of alkyl halides is 3. The molecule has 132 valence electrons. The fraction of sp³-hybridized carbons (Fsp3) is 0.222. The zero-order valence-corrected chi connectivity index (χ0v) is 14.4. The lowest BCUT2D eigenvalue weighted by Gasteiger charge is -2.11. The molecule has 2 aromatic carbocycles. The second-order valence-electron chi connectivity index (χ2n) is 6.11. The minimum atomic E-state index is -4.47. The van der Waals surface area contributed by atoms with Gasteiger partial charge in [-0.25, -0.2) is 12.4 Å². The fourth-order valence-corrected chi connectivity index (χ4v) is 3.99. The molecule has 7 heteroatoms. The molecule has 0 amide bonds. The average Bonchev–Trinajstić information content (AvgIpc) is 2.98. The summed E-state index contributed by atoms with van der Waals surface area (Å²) in [4.78, 5) is 0.0919. The van der Waals surface area contributed by atoms with Gasteiger partial charge in [0.05, 0.1) is 16.0 Å². The van der Waals surface area contributed by atoms with E-state index in [1.165, 1.54) is 30.5 Å². The van der Waals surface area contributed by atoms with E-state index in [-0.39, 0.29) is 21.7 Å². The van der Waals surface area contributed by atoms with Crippen LogP contribution in [-0.2, 0) is 16.2 Å². The first kappa shape index (κ1) is 17.5. The normalized spacial score (nSPS) is 12.9. The van der Waals surface area contributed by atoms with Gasteiger partial charge in [-0.3, -0.25) is 0 Å². The maximum atomic E-state index is 12.8. The highest BCUT2D eigenvalue weighted by molar-refractivity contribution is 7.90. The van der Waals surface area contributed by atoms with E-state index in [4.69, 9.17) is 0 Å². The van der Waals surface area contributed by atoms with Crippen molar-refractivity contribution in [2.24, 2.45) is 0 Å². The van der Waals surface area contributed by atoms with E-state index in [0.717, 1.165) is 21.7 Å². The Morgan fingerprint density at radius 3 is 2.16 bits per heavy atom. The minimum absolute atomic E-state index is 0.0919. The number of hydrogen-bond donors (Lipinski definition) is 0. The highest BCUT2D eigenvalue weighted by Crippen LogP contribution is 2.32. The molecule has 1 aromatic heterocycles. The first-order valence-electron chi connectivity index (χ1n) is 7.64. The van der Waals surface area contributed by atoms with Crippen molar-refractivity contribution in [3.63, 3.8) is 0 Å². The Morgan fingerprint density at radius 1 is 0.960 bits per heavy atom. The lowest BCUT2D eigenvalue weighted by Crippen LogP contribution is -2.12. The Morgan fingerprint density at radius 2 is 1.60 bits per heavy atom. The van der Waals surface area contributed by atoms with Gasteiger partial charge >= 0.3 is 6.18 Å². The van der Waals surface area contributed by atoms with Gasteiger partial charge in [0.25, 0.3) is 10.0 Å². The highest BCUT2D eigenvalue weighted by atomic mass is 32.2. The molecule has 0 saturated carbocycles. The van der Waals surface area contributed by atoms with Crippen molar-refractivity contribution in [2.45, 2.75) is 30.8 Å². The first-order valence-corrected chi connectivity index (χ1v) is 9.08. The summed E-state index contributed by atoms with van der Waals surface area (Å²) in [5.41, 5.74) is 0.406. The van der Waals surface area contributed by atoms with Crippen LogP contribution >= 0.6 is 0 Å². The van der Waals surface area contributed by atoms with Crippen molar-refractivity contribution in [2.75, 3.05) is 0 Å². The molecular weight excluding hydrogens is 351 g/mol. The van der Waals surface area contributed by atoms with Crippen molar-refractivity contribution in [1.82, 2.24) is 3.97 Å². The third-order valence-corrected chi connectivity index (χ3v) is 5.79. The standard InChI is InChI=1S/C18H16F3NO2S/c1-12(2)13-3-6-16(7-4-13)25(23,24)22-10-9-14-11-15(18(19,20)21)5-8-17(14)22/h3-12H,1-2H3. The van der Waals surface area contributed by atoms with Crippen LogP contribution < -0.4 is 0 Å². The van der Waals surface area contributed by atoms with Crippen LogP contribution in [0.5, 0.6) is 0 Å². The van der Waals surface area contributed by atoms with Crippen molar-refractivity contribution in [3.8, 4) is 0 Å². The van der Waals surface area contributed by atoms with Gasteiger partial charge in [0.15, 0.2) is 0 Å². The molecule has 0 atom stereocenters. The van der Waals surface area contributed by atoms with Crippen molar-refractivity contribution >= 4 is 20.9 Å². The number of fused-ring (bicyclic) bond motifs is 1. The third kappa shape index (κ3) is 3.16. The van der Waals surface area contributed by atoms with E-state index in [0.29, 0.717) is 0 Å². The molecule has 0 aliphatic carbocycles. The third-order valence-electron chi connectivity index (χ3n) is 4.09. The Kier molecular flexibility index (Phi) is 4.15. The molecule has 3 rings (SSSR count). The molecule has 25 heavy (non-hydrogen) atoms. The first-order chi connectivity index (χ1) is 11.6. The van der Waals surface area contributed by atoms with Crippen LogP contribution in [0, 0.1) is 0 Å². The maximum absolute atomic E-state index is 12.8. The molecule has 0 unspecified atom stereocenters. The molecule has 0 fully saturated rings. The van der Waals surface area contributed by atoms with E-state index in [1.807, 2.05) is 13.8 Å². The predicted molar refractivity (Wildman–Crippen MR) is 90.1 cm³/mol. The maximum Gasteiger partial charge on any atom is 0.416 e. The Bertz CT molecular complexity index is 1020. The molecule has 3 nitrogen and oxygen atoms in total. The van der Waals surface area contributed by atoms with E-state index < -0.39 is 21.8 Å². The summed E-state index contributed by atoms with van der Waals surface area (Å²) in [6.45, 7) is 4.00. The van der Waals surface area contributed by atoms with Gasteiger partial charge in [-0.15, -0.1) is 0 Å². The highest BCUT2D eigenvalue weighted by Gasteiger charge is 2.31. The summed E-state index contributed by atoms with van der Waals surface area (Å²) in [7, 11) is -3.88. The van der Waals surface area contributed by atoms with Crippen LogP contribution in [0.3, 0.4) is 0 Å². The molecule has 0 saturated heterocycles. The molecule has 1 heterocycles. The zero-order valence-electron chi connectivity index (χ0n) is 13.6. The van der Waals surface area contributed by atoms with E-state index in [9.17, 15) is 21.6 Å². The summed E-state index contributed by atoms with van der Waals surface area (Å²) in [5, 5.41) is 0.220. The summed E-state index contributed by atoms with van der Waals surface area (Å²) in [6, 6.07) is 10.9. The molecule has 0 bridgehead atoms. The second-order valence-corrected chi connectivity index (χ2v) is 7.93. The monoisotopic (exact) mass is 367 g/mol. The van der Waals surface area contributed by atoms with Gasteiger partial charge in [0.1, 0.15) is 0 Å². The Hall–Kier alpha value is -2.28. The molecule has 0 radical (unpaired) electrons. The largest absolute Gasteiger partial charge is 0.416 e. The SMILES string of the molecule is CC(C)c1ccc(S(=O)(=O)n2ccc3cc(C(F)(F)F)ccc32)cc1. The van der Waals surface area contributed by atoms with Gasteiger partial charge in [-0.2, -0.15) is 13.2 Å². The number of aromatic nitrogens is 1. The number of rotatable bonds is 3. The molecule has 0 aliphatic rings. The average molecular weight is 367 g/mol. The number of nitrogens with zero attached hydrogens (tertiary/aromatic N) is 1. The van der Waals surface area contributed by atoms with Crippen LogP contribution in [0.2, 0.25) is 0 Å². The van der Waals surface area contributed by atoms with Gasteiger partial charge in [-0.1, -0.05) is 26.0 Å². The number of halogens is 3. The Labute approximate surface area is 143 Å². The van der Waals surface area contributed by atoms with Crippen LogP contribution in [0.15, 0.2) is 59.6 Å². The van der Waals surface area contributed by atoms with Crippen molar-refractivity contribution < 1.29 is 21.6 Å². The molecule has 0 N–H and O–H groups in total. The Balaban J connectivity index is 2.08. The summed E-state index contributed by atoms with van der Waals surface area (Å²) < 4.78 is 65.0. The molecule has 0 spiro atoms. The van der Waals surface area contributed by atoms with E-state index >= 15 is 0 Å². The predicted octanol–water partition coefficient (Wildman–Crippen LogP) is 5.02. The van der Waals surface area contributed by atoms with Crippen LogP contribution in [0.4, 0.5) is 13.2 Å². The molecule has 0 aliphatic heterocycles. The number of benzene rings is 2. The van der Waals surface area contributed by atoms with Crippen LogP contribution in [-0.4, -0.2) is 12.4 Å². The van der Waals surface area contributed by atoms with E-state index in [2.05, 4.69) is 0 Å². The van der Waals surface area contributed by atoms with Crippen molar-refractivity contribution in [3.05, 3.63) is 65.9 Å². The molecule has 3 aromatic rings. The molecular formula is C18H16F3NO2S. The summed E-state index contributed by atoms with van der Waals surface area (Å²) in [5.74, 6) is 0.268. The smallest absolute Gasteiger partial charge is 0.241 e. The summed E-state index contributed by atoms with van der Waals surface area (Å²) >= 11 is 0. The van der Waals surface area contributed by atoms with Gasteiger partial charge in [0, 0.05) is 11.6 Å². The minimum Gasteiger partial charge on any atom is -0.241 e. The number of hydrogen-bond acceptors (Lipinski definition) is 2. The van der Waals surface area contributed by atoms with Gasteiger partial charge in [0.2, 0.25) is 0 Å². The topological polar surface area (TPSA) is 39.1 Å². The van der Waals surface area contributed by atoms with E-state index in [1.54, 1.807) is 12.1 Å². The van der Waals surface area contributed by atoms with Crippen molar-refractivity contribution in [1.29, 1.82) is 0 Å². The summed E-state index contributed by atoms with van der Waals surface area (Å²) in [6.07, 6.45) is -3.20. The van der Waals surface area contributed by atoms with Crippen LogP contribution in [0.1, 0.15) is 30.9 Å². The van der Waals surface area contributed by atoms with Gasteiger partial charge < -0.3 is 0 Å². The second kappa shape index (κ2) is 5.91. The fourth-order valence-electron chi connectivity index (χ4n) is 2.64. The lowest BCUT2D eigenvalue weighted by atomic mass is 10.0. The quantitative estimate of drug-likeness (QED) is 0.652. The zero-order chi connectivity index (χ0) is 18.4. The lowest BCUT2D eigenvalue weighted by molar-refractivity contribution is -0.137.